The average molecular weight is 470 g/mol. The zero-order chi connectivity index (χ0) is 25.5. The highest BCUT2D eigenvalue weighted by molar-refractivity contribution is 6.05. The van der Waals surface area contributed by atoms with Crippen LogP contribution in [0.15, 0.2) is 85.5 Å². The minimum Gasteiger partial charge on any atom is -0.466 e. The lowest BCUT2D eigenvalue weighted by molar-refractivity contribution is -0.134. The number of hydrogen-bond donors (Lipinski definition) is 1. The van der Waals surface area contributed by atoms with E-state index in [4.69, 9.17) is 0 Å². The Kier molecular flexibility index (Phi) is 12.2. The first-order valence-electron chi connectivity index (χ1n) is 10.1. The van der Waals surface area contributed by atoms with Crippen molar-refractivity contribution in [3.8, 4) is 11.1 Å². The minimum absolute atomic E-state index is 0.165. The van der Waals surface area contributed by atoms with E-state index >= 15 is 0 Å². The van der Waals surface area contributed by atoms with Crippen LogP contribution in [0.4, 0.5) is 18.9 Å². The molecule has 0 radical (unpaired) electrons. The van der Waals surface area contributed by atoms with Crippen molar-refractivity contribution in [2.75, 3.05) is 19.6 Å². The van der Waals surface area contributed by atoms with Gasteiger partial charge in [-0.15, -0.1) is 6.58 Å². The third kappa shape index (κ3) is 8.78. The van der Waals surface area contributed by atoms with E-state index < -0.39 is 23.5 Å². The van der Waals surface area contributed by atoms with Gasteiger partial charge in [-0.2, -0.15) is 0 Å². The van der Waals surface area contributed by atoms with Crippen LogP contribution in [0.5, 0.6) is 0 Å². The van der Waals surface area contributed by atoms with Crippen LogP contribution in [0, 0.1) is 11.6 Å². The fraction of sp³-hybridized carbons (Fsp3) is 0.111. The molecule has 3 rings (SSSR count). The molecule has 0 fully saturated rings. The van der Waals surface area contributed by atoms with E-state index in [1.54, 1.807) is 42.5 Å². The number of esters is 1. The third-order valence-electron chi connectivity index (χ3n) is 4.13. The molecule has 0 saturated heterocycles. The van der Waals surface area contributed by atoms with E-state index in [1.165, 1.54) is 49.6 Å². The fourth-order valence-corrected chi connectivity index (χ4v) is 2.70. The number of nitrogens with one attached hydrogen (secondary N) is 1. The molecule has 0 aromatic heterocycles. The van der Waals surface area contributed by atoms with Gasteiger partial charge in [0.15, 0.2) is 0 Å². The highest BCUT2D eigenvalue weighted by Crippen LogP contribution is 2.24. The number of carbonyl (C=O) groups is 2. The summed E-state index contributed by atoms with van der Waals surface area (Å²) in [4.78, 5) is 23.8. The number of halogens is 3. The molecule has 7 heteroatoms. The lowest BCUT2D eigenvalue weighted by Gasteiger charge is -2.09. The molecule has 34 heavy (non-hydrogen) atoms. The van der Waals surface area contributed by atoms with Gasteiger partial charge < -0.3 is 10.1 Å². The molecule has 4 nitrogen and oxygen atoms in total. The Morgan fingerprint density at radius 3 is 2.24 bits per heavy atom. The topological polar surface area (TPSA) is 55.4 Å². The number of alkyl halides is 1. The first-order chi connectivity index (χ1) is 16.4. The van der Waals surface area contributed by atoms with E-state index in [0.29, 0.717) is 29.6 Å². The standard InChI is InChI=1S/C23H17F2NO3.C3H6.CH3F/c1-29-22(27)11-8-15-4-2-7-19(12-15)26-23(28)20-14-17(9-10-21(20)25)16-5-3-6-18(24)13-16;1-3-2;1-2/h2-14H,1H3,(H,26,28);3H,1H2,2H3;1H3/b11-8+;;. The molecule has 3 aromatic rings. The van der Waals surface area contributed by atoms with Crippen LogP contribution in [0.1, 0.15) is 22.8 Å². The number of allylic oxidation sites excluding steroid dienone is 1. The summed E-state index contributed by atoms with van der Waals surface area (Å²) in [7, 11) is 1.77. The maximum absolute atomic E-state index is 14.2. The van der Waals surface area contributed by atoms with Gasteiger partial charge in [-0.1, -0.05) is 36.4 Å². The summed E-state index contributed by atoms with van der Waals surface area (Å²) in [5, 5.41) is 2.63. The van der Waals surface area contributed by atoms with E-state index in [0.717, 1.165) is 0 Å². The van der Waals surface area contributed by atoms with Crippen molar-refractivity contribution >= 4 is 23.6 Å². The highest BCUT2D eigenvalue weighted by Gasteiger charge is 2.14. The van der Waals surface area contributed by atoms with Gasteiger partial charge in [0.1, 0.15) is 11.6 Å². The fourth-order valence-electron chi connectivity index (χ4n) is 2.70. The number of amides is 1. The molecular formula is C27H26F3NO3. The largest absolute Gasteiger partial charge is 0.466 e. The van der Waals surface area contributed by atoms with Gasteiger partial charge in [0, 0.05) is 11.8 Å². The van der Waals surface area contributed by atoms with Gasteiger partial charge in [-0.05, 0) is 66.1 Å². The number of benzene rings is 3. The zero-order valence-corrected chi connectivity index (χ0v) is 19.1. The van der Waals surface area contributed by atoms with Crippen molar-refractivity contribution in [1.82, 2.24) is 0 Å². The number of anilines is 1. The summed E-state index contributed by atoms with van der Waals surface area (Å²) in [6, 6.07) is 16.6. The predicted octanol–water partition coefficient (Wildman–Crippen LogP) is 6.85. The number of ether oxygens (including phenoxy) is 1. The third-order valence-corrected chi connectivity index (χ3v) is 4.13. The summed E-state index contributed by atoms with van der Waals surface area (Å²) in [5.74, 6) is -2.26. The summed E-state index contributed by atoms with van der Waals surface area (Å²) < 4.78 is 41.7. The quantitative estimate of drug-likeness (QED) is 0.253. The Bertz CT molecular complexity index is 1140. The Morgan fingerprint density at radius 1 is 0.941 bits per heavy atom. The Morgan fingerprint density at radius 2 is 1.59 bits per heavy atom. The van der Waals surface area contributed by atoms with E-state index in [1.807, 2.05) is 6.92 Å². The van der Waals surface area contributed by atoms with Crippen LogP contribution >= 0.6 is 0 Å². The Labute approximate surface area is 197 Å². The lowest BCUT2D eigenvalue weighted by atomic mass is 10.0. The van der Waals surface area contributed by atoms with Gasteiger partial charge in [0.2, 0.25) is 0 Å². The molecule has 0 bridgehead atoms. The van der Waals surface area contributed by atoms with Crippen molar-refractivity contribution in [2.24, 2.45) is 0 Å². The Balaban J connectivity index is 0.00000107. The number of carbonyl (C=O) groups excluding carboxylic acids is 2. The predicted molar refractivity (Wildman–Crippen MR) is 130 cm³/mol. The van der Waals surface area contributed by atoms with E-state index in [2.05, 4.69) is 16.6 Å². The molecule has 0 aliphatic heterocycles. The van der Waals surface area contributed by atoms with Crippen molar-refractivity contribution in [3.63, 3.8) is 0 Å². The smallest absolute Gasteiger partial charge is 0.330 e. The Hall–Kier alpha value is -4.13. The molecule has 0 aliphatic rings. The van der Waals surface area contributed by atoms with Gasteiger partial charge in [-0.3, -0.25) is 9.18 Å². The van der Waals surface area contributed by atoms with Crippen molar-refractivity contribution in [2.45, 2.75) is 6.92 Å². The second kappa shape index (κ2) is 14.8. The van der Waals surface area contributed by atoms with Gasteiger partial charge in [-0.25, -0.2) is 13.6 Å². The van der Waals surface area contributed by atoms with Crippen LogP contribution in [-0.4, -0.2) is 26.2 Å². The normalized spacial score (nSPS) is 9.71. The lowest BCUT2D eigenvalue weighted by Crippen LogP contribution is -2.14. The summed E-state index contributed by atoms with van der Waals surface area (Å²) in [6.07, 6.45) is 4.54. The summed E-state index contributed by atoms with van der Waals surface area (Å²) in [6.45, 7) is 5.25. The molecule has 0 spiro atoms. The van der Waals surface area contributed by atoms with Crippen LogP contribution in [-0.2, 0) is 9.53 Å². The van der Waals surface area contributed by atoms with Crippen LogP contribution < -0.4 is 5.32 Å². The molecule has 0 aliphatic carbocycles. The molecular weight excluding hydrogens is 443 g/mol. The van der Waals surface area contributed by atoms with Crippen molar-refractivity contribution in [1.29, 1.82) is 0 Å². The van der Waals surface area contributed by atoms with Crippen molar-refractivity contribution in [3.05, 3.63) is 108 Å². The van der Waals surface area contributed by atoms with Crippen molar-refractivity contribution < 1.29 is 27.5 Å². The maximum atomic E-state index is 14.2. The van der Waals surface area contributed by atoms with Crippen LogP contribution in [0.3, 0.4) is 0 Å². The average Bonchev–Trinajstić information content (AvgIpc) is 2.84. The second-order valence-corrected chi connectivity index (χ2v) is 6.55. The molecule has 178 valence electrons. The molecule has 0 unspecified atom stereocenters. The number of methoxy groups -OCH3 is 1. The van der Waals surface area contributed by atoms with Crippen LogP contribution in [0.25, 0.3) is 17.2 Å². The molecule has 0 heterocycles. The monoisotopic (exact) mass is 469 g/mol. The minimum atomic E-state index is -0.690. The van der Waals surface area contributed by atoms with Gasteiger partial charge >= 0.3 is 5.97 Å². The first kappa shape index (κ1) is 27.9. The number of hydrogen-bond acceptors (Lipinski definition) is 3. The maximum Gasteiger partial charge on any atom is 0.330 e. The zero-order valence-electron chi connectivity index (χ0n) is 19.1. The number of rotatable bonds is 5. The highest BCUT2D eigenvalue weighted by atomic mass is 19.1. The van der Waals surface area contributed by atoms with E-state index in [9.17, 15) is 22.8 Å². The van der Waals surface area contributed by atoms with Crippen LogP contribution in [0.2, 0.25) is 0 Å². The summed E-state index contributed by atoms with van der Waals surface area (Å²) >= 11 is 0. The van der Waals surface area contributed by atoms with Gasteiger partial charge in [0.25, 0.3) is 5.91 Å². The van der Waals surface area contributed by atoms with Gasteiger partial charge in [0.05, 0.1) is 19.9 Å². The van der Waals surface area contributed by atoms with E-state index in [-0.39, 0.29) is 5.56 Å². The molecule has 0 saturated carbocycles. The molecule has 0 atom stereocenters. The summed E-state index contributed by atoms with van der Waals surface area (Å²) in [5.41, 5.74) is 1.97. The SMILES string of the molecule is C=CC.CF.COC(=O)/C=C/c1cccc(NC(=O)c2cc(-c3cccc(F)c3)ccc2F)c1. The molecule has 3 aromatic carbocycles. The second-order valence-electron chi connectivity index (χ2n) is 6.55. The molecule has 1 amide bonds. The first-order valence-corrected chi connectivity index (χ1v) is 10.1. The molecule has 1 N–H and O–H groups in total.